The van der Waals surface area contributed by atoms with Gasteiger partial charge < -0.3 is 4.74 Å². The van der Waals surface area contributed by atoms with E-state index < -0.39 is 0 Å². The van der Waals surface area contributed by atoms with Crippen molar-refractivity contribution in [3.8, 4) is 11.5 Å². The molecule has 0 aliphatic carbocycles. The molecule has 3 aromatic rings. The maximum atomic E-state index is 13.1. The van der Waals surface area contributed by atoms with E-state index in [-0.39, 0.29) is 16.9 Å². The highest BCUT2D eigenvalue weighted by Gasteiger charge is 2.33. The normalized spacial score (nSPS) is 15.3. The van der Waals surface area contributed by atoms with Gasteiger partial charge >= 0.3 is 0 Å². The smallest absolute Gasteiger partial charge is 0.271 e. The Bertz CT molecular complexity index is 1070. The van der Waals surface area contributed by atoms with E-state index in [2.05, 4.69) is 0 Å². The quantitative estimate of drug-likeness (QED) is 0.584. The fourth-order valence-electron chi connectivity index (χ4n) is 2.76. The number of amidine groups is 1. The largest absolute Gasteiger partial charge is 0.457 e. The first kappa shape index (κ1) is 18.0. The molecule has 0 aromatic heterocycles. The van der Waals surface area contributed by atoms with Gasteiger partial charge in [0.05, 0.1) is 10.6 Å². The molecule has 1 amide bonds. The van der Waals surface area contributed by atoms with Gasteiger partial charge in [-0.05, 0) is 71.9 Å². The zero-order chi connectivity index (χ0) is 19.5. The number of rotatable bonds is 4. The average Bonchev–Trinajstić information content (AvgIpc) is 2.97. The minimum absolute atomic E-state index is 0.0829. The van der Waals surface area contributed by atoms with Gasteiger partial charge in [-0.2, -0.15) is 0 Å². The summed E-state index contributed by atoms with van der Waals surface area (Å²) in [6.45, 7) is 0. The summed E-state index contributed by atoms with van der Waals surface area (Å²) >= 11 is 1.07. The number of nitrogens with one attached hydrogen (secondary N) is 1. The van der Waals surface area contributed by atoms with Gasteiger partial charge in [0.2, 0.25) is 0 Å². The molecular weight excluding hydrogens is 375 g/mol. The van der Waals surface area contributed by atoms with Gasteiger partial charge in [-0.3, -0.25) is 15.1 Å². The van der Waals surface area contributed by atoms with E-state index in [1.54, 1.807) is 6.08 Å². The SMILES string of the molecule is N=C1S/C(=C\c2cccc(Oc3ccccc3)c2)C(=O)N1c1ccc(F)cc1. The number of thioether (sulfide) groups is 1. The molecule has 0 saturated carbocycles. The molecule has 0 unspecified atom stereocenters. The molecule has 1 fully saturated rings. The fourth-order valence-corrected chi connectivity index (χ4v) is 3.62. The van der Waals surface area contributed by atoms with Crippen molar-refractivity contribution in [2.24, 2.45) is 0 Å². The van der Waals surface area contributed by atoms with Crippen LogP contribution >= 0.6 is 11.8 Å². The summed E-state index contributed by atoms with van der Waals surface area (Å²) < 4.78 is 19.0. The Hall–Kier alpha value is -3.38. The Morgan fingerprint density at radius 1 is 0.929 bits per heavy atom. The second kappa shape index (κ2) is 7.70. The molecule has 1 aliphatic heterocycles. The maximum absolute atomic E-state index is 13.1. The molecule has 1 heterocycles. The summed E-state index contributed by atoms with van der Waals surface area (Å²) in [5, 5.41) is 8.21. The number of para-hydroxylation sites is 1. The van der Waals surface area contributed by atoms with Crippen LogP contribution in [0.25, 0.3) is 6.08 Å². The van der Waals surface area contributed by atoms with Crippen LogP contribution in [0.2, 0.25) is 0 Å². The van der Waals surface area contributed by atoms with Crippen molar-refractivity contribution in [2.75, 3.05) is 4.90 Å². The summed E-state index contributed by atoms with van der Waals surface area (Å²) in [4.78, 5) is 14.4. The van der Waals surface area contributed by atoms with Gasteiger partial charge in [-0.15, -0.1) is 0 Å². The summed E-state index contributed by atoms with van der Waals surface area (Å²) in [6.07, 6.45) is 1.73. The lowest BCUT2D eigenvalue weighted by molar-refractivity contribution is -0.113. The van der Waals surface area contributed by atoms with E-state index in [4.69, 9.17) is 10.1 Å². The van der Waals surface area contributed by atoms with Crippen LogP contribution in [0.3, 0.4) is 0 Å². The minimum atomic E-state index is -0.388. The third-order valence-corrected chi connectivity index (χ3v) is 4.93. The Balaban J connectivity index is 1.57. The summed E-state index contributed by atoms with van der Waals surface area (Å²) in [7, 11) is 0. The Kier molecular flexibility index (Phi) is 4.95. The number of hydrogen-bond donors (Lipinski definition) is 1. The standard InChI is InChI=1S/C22H15FN2O2S/c23-16-9-11-17(12-10-16)25-21(26)20(28-22(25)24)14-15-5-4-8-19(13-15)27-18-6-2-1-3-7-18/h1-14,24H/b20-14-,24-22?. The molecule has 1 saturated heterocycles. The van der Waals surface area contributed by atoms with Gasteiger partial charge in [-0.1, -0.05) is 30.3 Å². The molecule has 138 valence electrons. The van der Waals surface area contributed by atoms with Gasteiger partial charge in [0, 0.05) is 0 Å². The van der Waals surface area contributed by atoms with E-state index in [0.717, 1.165) is 23.1 Å². The Morgan fingerprint density at radius 3 is 2.39 bits per heavy atom. The summed E-state index contributed by atoms with van der Waals surface area (Å²) in [5.74, 6) is 0.681. The van der Waals surface area contributed by atoms with Crippen molar-refractivity contribution in [3.05, 3.63) is 95.1 Å². The van der Waals surface area contributed by atoms with Crippen molar-refractivity contribution in [3.63, 3.8) is 0 Å². The molecule has 1 aliphatic rings. The van der Waals surface area contributed by atoms with Crippen molar-refractivity contribution in [1.82, 2.24) is 0 Å². The number of hydrogen-bond acceptors (Lipinski definition) is 4. The molecule has 0 atom stereocenters. The van der Waals surface area contributed by atoms with Crippen LogP contribution in [-0.4, -0.2) is 11.1 Å². The molecule has 1 N–H and O–H groups in total. The summed E-state index contributed by atoms with van der Waals surface area (Å²) in [6, 6.07) is 22.3. The van der Waals surface area contributed by atoms with Crippen molar-refractivity contribution >= 4 is 34.6 Å². The van der Waals surface area contributed by atoms with Crippen LogP contribution in [0.5, 0.6) is 11.5 Å². The molecule has 4 rings (SSSR count). The van der Waals surface area contributed by atoms with E-state index in [9.17, 15) is 9.18 Å². The lowest BCUT2D eigenvalue weighted by atomic mass is 10.2. The molecule has 3 aromatic carbocycles. The molecule has 6 heteroatoms. The number of carbonyl (C=O) groups is 1. The van der Waals surface area contributed by atoms with Crippen LogP contribution in [0.1, 0.15) is 5.56 Å². The van der Waals surface area contributed by atoms with Crippen molar-refractivity contribution < 1.29 is 13.9 Å². The van der Waals surface area contributed by atoms with E-state index in [1.807, 2.05) is 54.6 Å². The van der Waals surface area contributed by atoms with Gasteiger partial charge in [-0.25, -0.2) is 4.39 Å². The highest BCUT2D eigenvalue weighted by molar-refractivity contribution is 8.19. The van der Waals surface area contributed by atoms with E-state index in [1.165, 1.54) is 29.2 Å². The van der Waals surface area contributed by atoms with Gasteiger partial charge in [0.1, 0.15) is 17.3 Å². The van der Waals surface area contributed by atoms with Crippen LogP contribution in [0.15, 0.2) is 83.8 Å². The van der Waals surface area contributed by atoms with E-state index >= 15 is 0 Å². The zero-order valence-electron chi connectivity index (χ0n) is 14.6. The fraction of sp³-hybridized carbons (Fsp3) is 0. The Morgan fingerprint density at radius 2 is 1.64 bits per heavy atom. The zero-order valence-corrected chi connectivity index (χ0v) is 15.4. The number of ether oxygens (including phenoxy) is 1. The molecule has 4 nitrogen and oxygen atoms in total. The number of amides is 1. The first-order valence-electron chi connectivity index (χ1n) is 8.51. The van der Waals surface area contributed by atoms with E-state index in [0.29, 0.717) is 16.3 Å². The number of anilines is 1. The molecule has 0 radical (unpaired) electrons. The lowest BCUT2D eigenvalue weighted by Crippen LogP contribution is -2.28. The third kappa shape index (κ3) is 3.82. The monoisotopic (exact) mass is 390 g/mol. The molecule has 0 spiro atoms. The maximum Gasteiger partial charge on any atom is 0.271 e. The Labute approximate surface area is 165 Å². The highest BCUT2D eigenvalue weighted by atomic mass is 32.2. The predicted molar refractivity (Wildman–Crippen MR) is 110 cm³/mol. The number of halogens is 1. The number of benzene rings is 3. The molecular formula is C22H15FN2O2S. The second-order valence-corrected chi connectivity index (χ2v) is 7.05. The lowest BCUT2D eigenvalue weighted by Gasteiger charge is -2.13. The van der Waals surface area contributed by atoms with Crippen LogP contribution in [-0.2, 0) is 4.79 Å². The van der Waals surface area contributed by atoms with Gasteiger partial charge in [0.15, 0.2) is 5.17 Å². The van der Waals surface area contributed by atoms with Crippen LogP contribution in [0, 0.1) is 11.2 Å². The number of nitrogens with zero attached hydrogens (tertiary/aromatic N) is 1. The second-order valence-electron chi connectivity index (χ2n) is 6.02. The highest BCUT2D eigenvalue weighted by Crippen LogP contribution is 2.35. The predicted octanol–water partition coefficient (Wildman–Crippen LogP) is 5.67. The summed E-state index contributed by atoms with van der Waals surface area (Å²) in [5.41, 5.74) is 1.26. The van der Waals surface area contributed by atoms with Crippen LogP contribution < -0.4 is 9.64 Å². The van der Waals surface area contributed by atoms with Crippen molar-refractivity contribution in [2.45, 2.75) is 0 Å². The van der Waals surface area contributed by atoms with Gasteiger partial charge in [0.25, 0.3) is 5.91 Å². The first-order valence-corrected chi connectivity index (χ1v) is 9.33. The molecule has 0 bridgehead atoms. The third-order valence-electron chi connectivity index (χ3n) is 4.04. The van der Waals surface area contributed by atoms with Crippen LogP contribution in [0.4, 0.5) is 10.1 Å². The topological polar surface area (TPSA) is 53.4 Å². The first-order chi connectivity index (χ1) is 13.6. The van der Waals surface area contributed by atoms with Crippen molar-refractivity contribution in [1.29, 1.82) is 5.41 Å². The minimum Gasteiger partial charge on any atom is -0.457 e. The molecule has 28 heavy (non-hydrogen) atoms. The average molecular weight is 390 g/mol. The number of carbonyl (C=O) groups excluding carboxylic acids is 1.